The molecule has 2 heterocycles. The number of rotatable bonds is 3. The summed E-state index contributed by atoms with van der Waals surface area (Å²) in [5, 5.41) is 6.23. The Bertz CT molecular complexity index is 510. The maximum atomic E-state index is 12.3. The number of thiazole rings is 1. The van der Waals surface area contributed by atoms with Crippen LogP contribution in [-0.4, -0.2) is 47.8 Å². The van der Waals surface area contributed by atoms with Gasteiger partial charge in [-0.2, -0.15) is 0 Å². The Kier molecular flexibility index (Phi) is 5.45. The fourth-order valence-electron chi connectivity index (χ4n) is 2.35. The number of carbonyl (C=O) groups excluding carboxylic acids is 1. The summed E-state index contributed by atoms with van der Waals surface area (Å²) in [5.41, 5.74) is 1.14. The van der Waals surface area contributed by atoms with Crippen LogP contribution in [0.3, 0.4) is 0 Å². The average molecular weight is 325 g/mol. The second kappa shape index (κ2) is 6.96. The van der Waals surface area contributed by atoms with Gasteiger partial charge < -0.3 is 15.0 Å². The van der Waals surface area contributed by atoms with Crippen LogP contribution in [0.1, 0.15) is 45.3 Å². The molecule has 0 saturated carbocycles. The molecule has 22 heavy (non-hydrogen) atoms. The van der Waals surface area contributed by atoms with Gasteiger partial charge in [0.15, 0.2) is 0 Å². The molecule has 2 unspecified atom stereocenters. The van der Waals surface area contributed by atoms with Crippen LogP contribution in [0, 0.1) is 0 Å². The van der Waals surface area contributed by atoms with Gasteiger partial charge in [0.2, 0.25) is 0 Å². The second-order valence-corrected chi connectivity index (χ2v) is 7.88. The van der Waals surface area contributed by atoms with Crippen molar-refractivity contribution in [2.45, 2.75) is 58.6 Å². The van der Waals surface area contributed by atoms with E-state index in [0.29, 0.717) is 19.7 Å². The van der Waals surface area contributed by atoms with Crippen molar-refractivity contribution in [3.05, 3.63) is 16.1 Å². The molecule has 0 bridgehead atoms. The number of nitrogens with zero attached hydrogens (tertiary/aromatic N) is 2. The fraction of sp³-hybridized carbons (Fsp3) is 0.750. The van der Waals surface area contributed by atoms with Crippen LogP contribution in [0.15, 0.2) is 5.38 Å². The molecule has 0 aliphatic carbocycles. The monoisotopic (exact) mass is 325 g/mol. The number of urea groups is 1. The van der Waals surface area contributed by atoms with Crippen LogP contribution in [0.5, 0.6) is 0 Å². The van der Waals surface area contributed by atoms with E-state index in [2.05, 4.69) is 36.5 Å². The number of carbonyl (C=O) groups is 1. The molecule has 2 atom stereocenters. The quantitative estimate of drug-likeness (QED) is 0.930. The van der Waals surface area contributed by atoms with E-state index in [-0.39, 0.29) is 23.6 Å². The number of aromatic nitrogens is 1. The summed E-state index contributed by atoms with van der Waals surface area (Å²) in [6.07, 6.45) is 0.877. The van der Waals surface area contributed by atoms with E-state index in [9.17, 15) is 4.79 Å². The molecular weight excluding hydrogens is 298 g/mol. The Balaban J connectivity index is 1.80. The van der Waals surface area contributed by atoms with Crippen molar-refractivity contribution in [2.24, 2.45) is 0 Å². The highest BCUT2D eigenvalue weighted by atomic mass is 32.1. The van der Waals surface area contributed by atoms with Gasteiger partial charge in [0.1, 0.15) is 0 Å². The van der Waals surface area contributed by atoms with Crippen LogP contribution in [0.4, 0.5) is 4.79 Å². The van der Waals surface area contributed by atoms with Crippen LogP contribution in [0.2, 0.25) is 0 Å². The van der Waals surface area contributed by atoms with E-state index >= 15 is 0 Å². The van der Waals surface area contributed by atoms with Crippen molar-refractivity contribution in [3.8, 4) is 0 Å². The molecule has 1 aromatic rings. The molecule has 0 spiro atoms. The first-order valence-electron chi connectivity index (χ1n) is 7.88. The normalized spacial score (nSPS) is 22.7. The maximum absolute atomic E-state index is 12.3. The van der Waals surface area contributed by atoms with Crippen LogP contribution in [-0.2, 0) is 16.6 Å². The van der Waals surface area contributed by atoms with Crippen molar-refractivity contribution in [2.75, 3.05) is 19.7 Å². The molecule has 1 aromatic heterocycles. The number of hydrogen-bond donors (Lipinski definition) is 1. The third-order valence-corrected chi connectivity index (χ3v) is 5.04. The van der Waals surface area contributed by atoms with E-state index in [1.54, 1.807) is 11.3 Å². The van der Waals surface area contributed by atoms with Crippen LogP contribution >= 0.6 is 11.3 Å². The van der Waals surface area contributed by atoms with E-state index in [1.165, 1.54) is 0 Å². The summed E-state index contributed by atoms with van der Waals surface area (Å²) in [7, 11) is 0. The largest absolute Gasteiger partial charge is 0.375 e. The zero-order valence-electron chi connectivity index (χ0n) is 14.2. The Morgan fingerprint density at radius 3 is 2.86 bits per heavy atom. The summed E-state index contributed by atoms with van der Waals surface area (Å²) < 4.78 is 5.55. The first-order chi connectivity index (χ1) is 10.3. The number of hydrogen-bond acceptors (Lipinski definition) is 4. The minimum Gasteiger partial charge on any atom is -0.375 e. The van der Waals surface area contributed by atoms with Crippen molar-refractivity contribution in [1.29, 1.82) is 0 Å². The molecule has 1 saturated heterocycles. The fourth-order valence-corrected chi connectivity index (χ4v) is 3.29. The minimum absolute atomic E-state index is 0.00563. The molecule has 2 amide bonds. The number of ether oxygens (including phenoxy) is 1. The third-order valence-electron chi connectivity index (χ3n) is 3.72. The molecular formula is C16H27N3O2S. The summed E-state index contributed by atoms with van der Waals surface area (Å²) in [6.45, 7) is 12.4. The first kappa shape index (κ1) is 17.2. The SMILES string of the molecule is CC1CN(C(=O)NCCc2csc(C(C)(C)C)n2)C(C)CO1. The standard InChI is InChI=1S/C16H27N3O2S/c1-11-9-21-12(2)8-19(11)15(20)17-7-6-13-10-22-14(18-13)16(3,4)5/h10-12H,6-9H2,1-5H3,(H,17,20). The van der Waals surface area contributed by atoms with Gasteiger partial charge in [-0.25, -0.2) is 9.78 Å². The average Bonchev–Trinajstić information content (AvgIpc) is 2.90. The number of amides is 2. The smallest absolute Gasteiger partial charge is 0.317 e. The lowest BCUT2D eigenvalue weighted by Gasteiger charge is -2.36. The van der Waals surface area contributed by atoms with E-state index in [4.69, 9.17) is 4.74 Å². The molecule has 124 valence electrons. The summed E-state index contributed by atoms with van der Waals surface area (Å²) >= 11 is 1.69. The predicted octanol–water partition coefficient (Wildman–Crippen LogP) is 2.80. The van der Waals surface area contributed by atoms with Gasteiger partial charge in [-0.1, -0.05) is 20.8 Å². The predicted molar refractivity (Wildman–Crippen MR) is 89.5 cm³/mol. The van der Waals surface area contributed by atoms with E-state index < -0.39 is 0 Å². The van der Waals surface area contributed by atoms with Crippen LogP contribution < -0.4 is 5.32 Å². The lowest BCUT2D eigenvalue weighted by Crippen LogP contribution is -2.53. The lowest BCUT2D eigenvalue weighted by molar-refractivity contribution is -0.0317. The molecule has 5 nitrogen and oxygen atoms in total. The molecule has 1 aliphatic heterocycles. The van der Waals surface area contributed by atoms with E-state index in [1.807, 2.05) is 18.7 Å². The molecule has 6 heteroatoms. The van der Waals surface area contributed by atoms with Crippen molar-refractivity contribution < 1.29 is 9.53 Å². The molecule has 1 N–H and O–H groups in total. The Morgan fingerprint density at radius 2 is 2.23 bits per heavy atom. The zero-order chi connectivity index (χ0) is 16.3. The van der Waals surface area contributed by atoms with E-state index in [0.717, 1.165) is 17.1 Å². The Hall–Kier alpha value is -1.14. The molecule has 0 aromatic carbocycles. The summed E-state index contributed by atoms with van der Waals surface area (Å²) in [5.74, 6) is 0. The summed E-state index contributed by atoms with van der Waals surface area (Å²) in [6, 6.07) is 0.122. The third kappa shape index (κ3) is 4.43. The van der Waals surface area contributed by atoms with Gasteiger partial charge in [-0.15, -0.1) is 11.3 Å². The minimum atomic E-state index is -0.00563. The van der Waals surface area contributed by atoms with Crippen molar-refractivity contribution in [1.82, 2.24) is 15.2 Å². The lowest BCUT2D eigenvalue weighted by atomic mass is 9.98. The van der Waals surface area contributed by atoms with Crippen LogP contribution in [0.25, 0.3) is 0 Å². The zero-order valence-corrected chi connectivity index (χ0v) is 15.0. The van der Waals surface area contributed by atoms with Gasteiger partial charge in [0.05, 0.1) is 29.5 Å². The highest BCUT2D eigenvalue weighted by Gasteiger charge is 2.27. The van der Waals surface area contributed by atoms with Crippen molar-refractivity contribution >= 4 is 17.4 Å². The molecule has 1 fully saturated rings. The maximum Gasteiger partial charge on any atom is 0.317 e. The Labute approximate surface area is 137 Å². The van der Waals surface area contributed by atoms with Gasteiger partial charge >= 0.3 is 6.03 Å². The summed E-state index contributed by atoms with van der Waals surface area (Å²) in [4.78, 5) is 18.8. The van der Waals surface area contributed by atoms with Gasteiger partial charge in [0.25, 0.3) is 0 Å². The molecule has 1 aliphatic rings. The second-order valence-electron chi connectivity index (χ2n) is 7.02. The molecule has 0 radical (unpaired) electrons. The topological polar surface area (TPSA) is 54.5 Å². The first-order valence-corrected chi connectivity index (χ1v) is 8.76. The van der Waals surface area contributed by atoms with Gasteiger partial charge in [-0.3, -0.25) is 0 Å². The van der Waals surface area contributed by atoms with Crippen molar-refractivity contribution in [3.63, 3.8) is 0 Å². The number of morpholine rings is 1. The highest BCUT2D eigenvalue weighted by molar-refractivity contribution is 7.09. The number of nitrogens with one attached hydrogen (secondary N) is 1. The van der Waals surface area contributed by atoms with Gasteiger partial charge in [-0.05, 0) is 13.8 Å². The highest BCUT2D eigenvalue weighted by Crippen LogP contribution is 2.25. The molecule has 2 rings (SSSR count). The van der Waals surface area contributed by atoms with Gasteiger partial charge in [0, 0.05) is 30.3 Å². The Morgan fingerprint density at radius 1 is 1.50 bits per heavy atom.